The third-order valence-corrected chi connectivity index (χ3v) is 2.74. The largest absolute Gasteiger partial charge is 0.352 e. The summed E-state index contributed by atoms with van der Waals surface area (Å²) >= 11 is 0. The first-order valence-corrected chi connectivity index (χ1v) is 5.07. The minimum atomic E-state index is -0.211. The van der Waals surface area contributed by atoms with Gasteiger partial charge in [0.1, 0.15) is 0 Å². The second-order valence-corrected chi connectivity index (χ2v) is 4.10. The van der Waals surface area contributed by atoms with E-state index in [4.69, 9.17) is 5.53 Å². The summed E-state index contributed by atoms with van der Waals surface area (Å²) in [6.45, 7) is 7.61. The van der Waals surface area contributed by atoms with E-state index in [2.05, 4.69) is 21.9 Å². The van der Waals surface area contributed by atoms with E-state index < -0.39 is 0 Å². The zero-order valence-electron chi connectivity index (χ0n) is 9.05. The zero-order valence-corrected chi connectivity index (χ0v) is 9.05. The Labute approximate surface area is 89.2 Å². The van der Waals surface area contributed by atoms with Crippen LogP contribution in [0.1, 0.15) is 20.3 Å². The number of hydrogen-bond acceptors (Lipinski definition) is 2. The van der Waals surface area contributed by atoms with Crippen LogP contribution >= 0.6 is 0 Å². The molecule has 1 saturated heterocycles. The number of β-lactam (4-membered cyclic amide) rings is 1. The Kier molecular flexibility index (Phi) is 3.74. The van der Waals surface area contributed by atoms with E-state index in [-0.39, 0.29) is 29.8 Å². The number of amides is 1. The Hall–Kier alpha value is -1.48. The molecule has 1 aliphatic heterocycles. The van der Waals surface area contributed by atoms with Crippen LogP contribution in [0.4, 0.5) is 0 Å². The van der Waals surface area contributed by atoms with Gasteiger partial charge in [-0.2, -0.15) is 0 Å². The third-order valence-electron chi connectivity index (χ3n) is 2.74. The fourth-order valence-electron chi connectivity index (χ4n) is 1.97. The van der Waals surface area contributed by atoms with E-state index in [0.29, 0.717) is 6.42 Å². The molecule has 5 nitrogen and oxygen atoms in total. The van der Waals surface area contributed by atoms with Crippen LogP contribution < -0.4 is 5.32 Å². The Morgan fingerprint density at radius 1 is 1.73 bits per heavy atom. The smallest absolute Gasteiger partial charge is 0.225 e. The van der Waals surface area contributed by atoms with Crippen molar-refractivity contribution in [3.05, 3.63) is 23.1 Å². The molecule has 15 heavy (non-hydrogen) atoms. The molecule has 1 N–H and O–H groups in total. The van der Waals surface area contributed by atoms with Gasteiger partial charge in [0.25, 0.3) is 0 Å². The molecule has 1 unspecified atom stereocenters. The summed E-state index contributed by atoms with van der Waals surface area (Å²) in [5.41, 5.74) is 8.43. The summed E-state index contributed by atoms with van der Waals surface area (Å²) in [4.78, 5) is 14.1. The van der Waals surface area contributed by atoms with Crippen LogP contribution in [0.15, 0.2) is 17.8 Å². The quantitative estimate of drug-likeness (QED) is 0.242. The summed E-state index contributed by atoms with van der Waals surface area (Å²) < 4.78 is 0. The minimum absolute atomic E-state index is 0.0357. The van der Waals surface area contributed by atoms with Crippen molar-refractivity contribution in [2.45, 2.75) is 32.4 Å². The predicted molar refractivity (Wildman–Crippen MR) is 58.0 cm³/mol. The van der Waals surface area contributed by atoms with Crippen LogP contribution in [-0.4, -0.2) is 18.0 Å². The maximum absolute atomic E-state index is 11.3. The van der Waals surface area contributed by atoms with Gasteiger partial charge >= 0.3 is 0 Å². The van der Waals surface area contributed by atoms with Gasteiger partial charge in [0.15, 0.2) is 0 Å². The molecular weight excluding hydrogens is 192 g/mol. The molecule has 3 atom stereocenters. The van der Waals surface area contributed by atoms with E-state index >= 15 is 0 Å². The Morgan fingerprint density at radius 2 is 2.40 bits per heavy atom. The number of carbonyl (C=O) groups is 1. The highest BCUT2D eigenvalue weighted by molar-refractivity contribution is 5.86. The summed E-state index contributed by atoms with van der Waals surface area (Å²) in [7, 11) is 0. The third kappa shape index (κ3) is 2.30. The van der Waals surface area contributed by atoms with Crippen LogP contribution in [0.2, 0.25) is 0 Å². The minimum Gasteiger partial charge on any atom is -0.352 e. The predicted octanol–water partition coefficient (Wildman–Crippen LogP) is 2.01. The van der Waals surface area contributed by atoms with Gasteiger partial charge in [-0.3, -0.25) is 4.79 Å². The van der Waals surface area contributed by atoms with Gasteiger partial charge in [0.2, 0.25) is 5.91 Å². The Morgan fingerprint density at radius 3 is 2.80 bits per heavy atom. The molecule has 82 valence electrons. The summed E-state index contributed by atoms with van der Waals surface area (Å²) in [5, 5.41) is 6.49. The van der Waals surface area contributed by atoms with Gasteiger partial charge in [-0.1, -0.05) is 25.0 Å². The van der Waals surface area contributed by atoms with Crippen molar-refractivity contribution in [2.75, 3.05) is 0 Å². The maximum Gasteiger partial charge on any atom is 0.225 e. The van der Waals surface area contributed by atoms with Crippen molar-refractivity contribution in [3.63, 3.8) is 0 Å². The number of nitrogens with one attached hydrogen (secondary N) is 1. The summed E-state index contributed by atoms with van der Waals surface area (Å²) in [5.74, 6) is 0.280. The van der Waals surface area contributed by atoms with E-state index in [0.717, 1.165) is 0 Å². The molecule has 0 bridgehead atoms. The molecule has 1 fully saturated rings. The molecule has 1 aliphatic rings. The normalized spacial score (nSPS) is 26.2. The second kappa shape index (κ2) is 4.84. The van der Waals surface area contributed by atoms with Gasteiger partial charge in [0, 0.05) is 11.0 Å². The van der Waals surface area contributed by atoms with Crippen molar-refractivity contribution < 1.29 is 4.79 Å². The van der Waals surface area contributed by atoms with Crippen LogP contribution in [0.5, 0.6) is 0 Å². The molecule has 0 aromatic heterocycles. The van der Waals surface area contributed by atoms with Gasteiger partial charge in [-0.25, -0.2) is 0 Å². The van der Waals surface area contributed by atoms with Gasteiger partial charge < -0.3 is 5.32 Å². The number of carbonyl (C=O) groups excluding carboxylic acids is 1. The molecule has 0 aliphatic carbocycles. The van der Waals surface area contributed by atoms with Crippen molar-refractivity contribution in [3.8, 4) is 0 Å². The van der Waals surface area contributed by atoms with E-state index in [1.54, 1.807) is 6.08 Å². The highest BCUT2D eigenvalue weighted by Gasteiger charge is 2.44. The highest BCUT2D eigenvalue weighted by Crippen LogP contribution is 2.28. The second-order valence-electron chi connectivity index (χ2n) is 4.10. The molecule has 0 aromatic rings. The number of rotatable bonds is 5. The first kappa shape index (κ1) is 11.6. The fraction of sp³-hybridized carbons (Fsp3) is 0.700. The molecule has 1 amide bonds. The van der Waals surface area contributed by atoms with E-state index in [1.807, 2.05) is 13.8 Å². The zero-order chi connectivity index (χ0) is 11.4. The Balaban J connectivity index is 2.72. The van der Waals surface area contributed by atoms with Gasteiger partial charge in [-0.15, -0.1) is 6.58 Å². The van der Waals surface area contributed by atoms with Crippen molar-refractivity contribution in [1.82, 2.24) is 5.32 Å². The lowest BCUT2D eigenvalue weighted by molar-refractivity contribution is -0.138. The topological polar surface area (TPSA) is 77.9 Å². The molecular formula is C10H16N4O. The molecule has 0 radical (unpaired) electrons. The van der Waals surface area contributed by atoms with Crippen molar-refractivity contribution >= 4 is 5.91 Å². The monoisotopic (exact) mass is 208 g/mol. The van der Waals surface area contributed by atoms with Crippen LogP contribution in [0.3, 0.4) is 0 Å². The standard InChI is InChI=1S/C10H16N4O/c1-4-5-7(13-14-11)9-8(6(2)3)10(15)12-9/h4,6-9H,1,5H2,2-3H3,(H,12,15)/t7?,8-,9+/m0/s1. The lowest BCUT2D eigenvalue weighted by Crippen LogP contribution is -2.64. The lowest BCUT2D eigenvalue weighted by Gasteiger charge is -2.42. The number of azide groups is 1. The van der Waals surface area contributed by atoms with Crippen LogP contribution in [0, 0.1) is 11.8 Å². The molecule has 1 heterocycles. The average Bonchev–Trinajstić information content (AvgIpc) is 2.12. The first-order chi connectivity index (χ1) is 7.11. The van der Waals surface area contributed by atoms with Crippen molar-refractivity contribution in [2.24, 2.45) is 17.0 Å². The van der Waals surface area contributed by atoms with E-state index in [9.17, 15) is 4.79 Å². The van der Waals surface area contributed by atoms with E-state index in [1.165, 1.54) is 0 Å². The number of hydrogen-bond donors (Lipinski definition) is 1. The molecule has 0 spiro atoms. The lowest BCUT2D eigenvalue weighted by atomic mass is 9.77. The van der Waals surface area contributed by atoms with Crippen LogP contribution in [0.25, 0.3) is 10.4 Å². The van der Waals surface area contributed by atoms with Crippen molar-refractivity contribution in [1.29, 1.82) is 0 Å². The SMILES string of the molecule is C=CCC(N=[N+]=[N-])[C@H]1NC(=O)[C@H]1C(C)C. The van der Waals surface area contributed by atoms with Gasteiger partial charge in [-0.05, 0) is 17.9 Å². The summed E-state index contributed by atoms with van der Waals surface area (Å²) in [6.07, 6.45) is 2.30. The summed E-state index contributed by atoms with van der Waals surface area (Å²) in [6, 6.07) is -0.246. The molecule has 1 rings (SSSR count). The fourth-order valence-corrected chi connectivity index (χ4v) is 1.97. The maximum atomic E-state index is 11.3. The first-order valence-electron chi connectivity index (χ1n) is 5.07. The number of nitrogens with zero attached hydrogens (tertiary/aromatic N) is 3. The molecule has 0 saturated carbocycles. The van der Waals surface area contributed by atoms with Gasteiger partial charge in [0.05, 0.1) is 12.0 Å². The molecule has 0 aromatic carbocycles. The Bertz CT molecular complexity index is 307. The highest BCUT2D eigenvalue weighted by atomic mass is 16.2. The molecule has 5 heteroatoms. The van der Waals surface area contributed by atoms with Crippen LogP contribution in [-0.2, 0) is 4.79 Å². The average molecular weight is 208 g/mol.